The zero-order valence-electron chi connectivity index (χ0n) is 15.6. The molecule has 0 saturated carbocycles. The lowest BCUT2D eigenvalue weighted by Gasteiger charge is -2.36. The van der Waals surface area contributed by atoms with Crippen LogP contribution in [0.25, 0.3) is 11.5 Å². The van der Waals surface area contributed by atoms with Crippen molar-refractivity contribution in [2.75, 3.05) is 26.2 Å². The van der Waals surface area contributed by atoms with E-state index in [0.717, 1.165) is 42.6 Å². The van der Waals surface area contributed by atoms with Crippen LogP contribution >= 0.6 is 22.9 Å². The highest BCUT2D eigenvalue weighted by molar-refractivity contribution is 7.16. The van der Waals surface area contributed by atoms with Crippen molar-refractivity contribution in [1.29, 1.82) is 0 Å². The zero-order chi connectivity index (χ0) is 18.8. The molecule has 3 aromatic rings. The third-order valence-electron chi connectivity index (χ3n) is 5.06. The highest BCUT2D eigenvalue weighted by Crippen LogP contribution is 2.26. The second-order valence-corrected chi connectivity index (χ2v) is 8.81. The second kappa shape index (κ2) is 8.10. The monoisotopic (exact) mass is 402 g/mol. The molecule has 0 aliphatic carbocycles. The molecule has 142 valence electrons. The molecule has 7 heteroatoms. The fraction of sp³-hybridized carbons (Fsp3) is 0.400. The average molecular weight is 403 g/mol. The van der Waals surface area contributed by atoms with Gasteiger partial charge in [0.1, 0.15) is 0 Å². The van der Waals surface area contributed by atoms with Crippen molar-refractivity contribution < 1.29 is 4.42 Å². The van der Waals surface area contributed by atoms with Crippen LogP contribution in [0.2, 0.25) is 4.34 Å². The lowest BCUT2D eigenvalue weighted by atomic mass is 10.1. The van der Waals surface area contributed by atoms with Gasteiger partial charge in [-0.25, -0.2) is 0 Å². The van der Waals surface area contributed by atoms with E-state index in [1.165, 1.54) is 10.4 Å². The third kappa shape index (κ3) is 4.41. The number of halogens is 1. The van der Waals surface area contributed by atoms with Gasteiger partial charge in [-0.05, 0) is 38.1 Å². The van der Waals surface area contributed by atoms with E-state index in [4.69, 9.17) is 16.0 Å². The molecule has 2 aromatic heterocycles. The number of benzene rings is 1. The van der Waals surface area contributed by atoms with Crippen molar-refractivity contribution in [2.24, 2.45) is 0 Å². The maximum Gasteiger partial charge on any atom is 0.247 e. The van der Waals surface area contributed by atoms with E-state index in [1.807, 2.05) is 18.2 Å². The van der Waals surface area contributed by atoms with Gasteiger partial charge in [0.25, 0.3) is 0 Å². The highest BCUT2D eigenvalue weighted by Gasteiger charge is 2.26. The summed E-state index contributed by atoms with van der Waals surface area (Å²) in [4.78, 5) is 6.20. The summed E-state index contributed by atoms with van der Waals surface area (Å²) >= 11 is 7.70. The van der Waals surface area contributed by atoms with Crippen molar-refractivity contribution in [2.45, 2.75) is 26.4 Å². The van der Waals surface area contributed by atoms with Gasteiger partial charge in [-0.2, -0.15) is 0 Å². The Morgan fingerprint density at radius 3 is 2.48 bits per heavy atom. The molecular formula is C20H23ClN4OS. The highest BCUT2D eigenvalue weighted by atomic mass is 35.5. The van der Waals surface area contributed by atoms with Crippen molar-refractivity contribution in [3.05, 3.63) is 57.1 Å². The van der Waals surface area contributed by atoms with E-state index in [-0.39, 0.29) is 6.04 Å². The molecule has 1 aromatic carbocycles. The lowest BCUT2D eigenvalue weighted by molar-refractivity contribution is 0.0881. The summed E-state index contributed by atoms with van der Waals surface area (Å²) < 4.78 is 6.82. The molecule has 0 radical (unpaired) electrons. The Morgan fingerprint density at radius 1 is 1.07 bits per heavy atom. The molecule has 1 saturated heterocycles. The molecule has 27 heavy (non-hydrogen) atoms. The molecule has 0 N–H and O–H groups in total. The molecule has 0 amide bonds. The Balaban J connectivity index is 1.35. The van der Waals surface area contributed by atoms with Gasteiger partial charge in [0, 0.05) is 43.2 Å². The minimum absolute atomic E-state index is 0.120. The van der Waals surface area contributed by atoms with Gasteiger partial charge >= 0.3 is 0 Å². The van der Waals surface area contributed by atoms with Crippen LogP contribution in [0, 0.1) is 6.92 Å². The summed E-state index contributed by atoms with van der Waals surface area (Å²) in [6.45, 7) is 9.21. The standard InChI is InChI=1S/C20H23ClN4OS/c1-14-3-5-16(6-4-14)20-23-22-19(26-20)15(2)25-11-9-24(10-12-25)13-17-7-8-18(21)27-17/h3-8,15H,9-13H2,1-2H3/t15-/m0/s1. The first-order valence-electron chi connectivity index (χ1n) is 9.19. The molecule has 0 unspecified atom stereocenters. The number of aromatic nitrogens is 2. The van der Waals surface area contributed by atoms with E-state index >= 15 is 0 Å². The number of piperazine rings is 1. The molecule has 1 aliphatic rings. The average Bonchev–Trinajstić information content (AvgIpc) is 3.32. The van der Waals surface area contributed by atoms with Crippen LogP contribution in [0.3, 0.4) is 0 Å². The molecule has 1 fully saturated rings. The van der Waals surface area contributed by atoms with Crippen LogP contribution in [-0.2, 0) is 6.54 Å². The topological polar surface area (TPSA) is 45.4 Å². The maximum atomic E-state index is 6.03. The summed E-state index contributed by atoms with van der Waals surface area (Å²) in [6, 6.07) is 12.4. The van der Waals surface area contributed by atoms with Gasteiger partial charge < -0.3 is 4.42 Å². The van der Waals surface area contributed by atoms with E-state index in [1.54, 1.807) is 11.3 Å². The van der Waals surface area contributed by atoms with E-state index in [9.17, 15) is 0 Å². The van der Waals surface area contributed by atoms with E-state index < -0.39 is 0 Å². The molecule has 5 nitrogen and oxygen atoms in total. The zero-order valence-corrected chi connectivity index (χ0v) is 17.1. The van der Waals surface area contributed by atoms with Crippen LogP contribution in [0.15, 0.2) is 40.8 Å². The molecule has 4 rings (SSSR count). The van der Waals surface area contributed by atoms with Gasteiger partial charge in [-0.3, -0.25) is 9.80 Å². The third-order valence-corrected chi connectivity index (χ3v) is 6.28. The Bertz CT molecular complexity index is 884. The molecule has 1 aliphatic heterocycles. The van der Waals surface area contributed by atoms with Crippen molar-refractivity contribution in [3.8, 4) is 11.5 Å². The van der Waals surface area contributed by atoms with Gasteiger partial charge in [-0.1, -0.05) is 29.3 Å². The Kier molecular flexibility index (Phi) is 5.59. The largest absolute Gasteiger partial charge is 0.419 e. The number of hydrogen-bond acceptors (Lipinski definition) is 6. The van der Waals surface area contributed by atoms with Crippen molar-refractivity contribution in [1.82, 2.24) is 20.0 Å². The molecule has 0 spiro atoms. The Hall–Kier alpha value is -1.73. The number of rotatable bonds is 5. The summed E-state index contributed by atoms with van der Waals surface area (Å²) in [6.07, 6.45) is 0. The van der Waals surface area contributed by atoms with Crippen LogP contribution in [0.4, 0.5) is 0 Å². The molecular weight excluding hydrogens is 380 g/mol. The molecule has 0 bridgehead atoms. The minimum Gasteiger partial charge on any atom is -0.419 e. The van der Waals surface area contributed by atoms with Crippen LogP contribution in [0.5, 0.6) is 0 Å². The normalized spacial score (nSPS) is 17.3. The first-order chi connectivity index (χ1) is 13.1. The Morgan fingerprint density at radius 2 is 1.81 bits per heavy atom. The summed E-state index contributed by atoms with van der Waals surface area (Å²) in [5, 5.41) is 8.53. The first kappa shape index (κ1) is 18.6. The lowest BCUT2D eigenvalue weighted by Crippen LogP contribution is -2.46. The fourth-order valence-corrected chi connectivity index (χ4v) is 4.47. The fourth-order valence-electron chi connectivity index (χ4n) is 3.34. The van der Waals surface area contributed by atoms with Crippen LogP contribution in [0.1, 0.15) is 29.3 Å². The van der Waals surface area contributed by atoms with E-state index in [2.05, 4.69) is 52.0 Å². The van der Waals surface area contributed by atoms with Gasteiger partial charge in [0.05, 0.1) is 10.4 Å². The van der Waals surface area contributed by atoms with Gasteiger partial charge in [0.2, 0.25) is 11.8 Å². The minimum atomic E-state index is 0.120. The van der Waals surface area contributed by atoms with Crippen molar-refractivity contribution in [3.63, 3.8) is 0 Å². The van der Waals surface area contributed by atoms with Crippen molar-refractivity contribution >= 4 is 22.9 Å². The summed E-state index contributed by atoms with van der Waals surface area (Å²) in [5.41, 5.74) is 2.18. The predicted octanol–water partition coefficient (Wildman–Crippen LogP) is 4.64. The maximum absolute atomic E-state index is 6.03. The molecule has 3 heterocycles. The van der Waals surface area contributed by atoms with Gasteiger partial charge in [0.15, 0.2) is 0 Å². The molecule has 1 atom stereocenters. The number of aryl methyl sites for hydroxylation is 1. The van der Waals surface area contributed by atoms with Gasteiger partial charge in [-0.15, -0.1) is 21.5 Å². The summed E-state index contributed by atoms with van der Waals surface area (Å²) in [7, 11) is 0. The van der Waals surface area contributed by atoms with Crippen LogP contribution < -0.4 is 0 Å². The first-order valence-corrected chi connectivity index (χ1v) is 10.4. The quantitative estimate of drug-likeness (QED) is 0.622. The smallest absolute Gasteiger partial charge is 0.247 e. The summed E-state index contributed by atoms with van der Waals surface area (Å²) in [5.74, 6) is 1.27. The number of hydrogen-bond donors (Lipinski definition) is 0. The Labute approximate surface area is 168 Å². The van der Waals surface area contributed by atoms with E-state index in [0.29, 0.717) is 11.8 Å². The SMILES string of the molecule is Cc1ccc(-c2nnc([C@H](C)N3CCN(Cc4ccc(Cl)s4)CC3)o2)cc1. The van der Waals surface area contributed by atoms with Crippen LogP contribution in [-0.4, -0.2) is 46.2 Å². The predicted molar refractivity (Wildman–Crippen MR) is 109 cm³/mol. The number of thiophene rings is 1. The number of nitrogens with zero attached hydrogens (tertiary/aromatic N) is 4. The second-order valence-electron chi connectivity index (χ2n) is 7.01.